The Morgan fingerprint density at radius 3 is 2.24 bits per heavy atom. The molecule has 1 heterocycles. The third-order valence-electron chi connectivity index (χ3n) is 5.66. The lowest BCUT2D eigenvalue weighted by Gasteiger charge is -2.14. The first-order chi connectivity index (χ1) is 16.4. The summed E-state index contributed by atoms with van der Waals surface area (Å²) < 4.78 is 7.28. The van der Waals surface area contributed by atoms with Crippen molar-refractivity contribution in [1.82, 2.24) is 4.57 Å². The number of aryl methyl sites for hydroxylation is 2. The van der Waals surface area contributed by atoms with Crippen LogP contribution in [0.3, 0.4) is 0 Å². The Kier molecular flexibility index (Phi) is 6.64. The summed E-state index contributed by atoms with van der Waals surface area (Å²) in [5.74, 6) is -0.553. The molecule has 0 bridgehead atoms. The van der Waals surface area contributed by atoms with Crippen molar-refractivity contribution in [2.75, 3.05) is 11.9 Å². The van der Waals surface area contributed by atoms with Crippen LogP contribution in [0.5, 0.6) is 0 Å². The molecule has 0 spiro atoms. The summed E-state index contributed by atoms with van der Waals surface area (Å²) in [7, 11) is 0. The van der Waals surface area contributed by atoms with E-state index in [0.29, 0.717) is 17.7 Å². The SMILES string of the molecule is CCOC(=O)c1cc(-c2ccccc2)n(-c2cccc(C(=O)Nc3cc(C)cc(C)c3)c2)c1C. The zero-order valence-electron chi connectivity index (χ0n) is 19.9. The first-order valence-corrected chi connectivity index (χ1v) is 11.3. The van der Waals surface area contributed by atoms with Crippen LogP contribution < -0.4 is 5.32 Å². The molecule has 1 aromatic heterocycles. The van der Waals surface area contributed by atoms with Crippen molar-refractivity contribution in [3.8, 4) is 16.9 Å². The van der Waals surface area contributed by atoms with Gasteiger partial charge in [-0.2, -0.15) is 0 Å². The molecule has 0 saturated carbocycles. The molecule has 0 radical (unpaired) electrons. The van der Waals surface area contributed by atoms with Gasteiger partial charge in [-0.1, -0.05) is 42.5 Å². The normalized spacial score (nSPS) is 10.7. The van der Waals surface area contributed by atoms with Crippen molar-refractivity contribution in [2.45, 2.75) is 27.7 Å². The summed E-state index contributed by atoms with van der Waals surface area (Å²) >= 11 is 0. The van der Waals surface area contributed by atoms with Crippen LogP contribution >= 0.6 is 0 Å². The second kappa shape index (κ2) is 9.79. The number of nitrogens with one attached hydrogen (secondary N) is 1. The lowest BCUT2D eigenvalue weighted by Crippen LogP contribution is -2.13. The molecule has 0 aliphatic heterocycles. The molecule has 172 valence electrons. The van der Waals surface area contributed by atoms with Crippen LogP contribution in [0.25, 0.3) is 16.9 Å². The molecule has 1 N–H and O–H groups in total. The second-order valence-electron chi connectivity index (χ2n) is 8.33. The van der Waals surface area contributed by atoms with E-state index in [4.69, 9.17) is 4.74 Å². The van der Waals surface area contributed by atoms with E-state index in [2.05, 4.69) is 11.4 Å². The highest BCUT2D eigenvalue weighted by Gasteiger charge is 2.21. The number of esters is 1. The number of benzene rings is 3. The summed E-state index contributed by atoms with van der Waals surface area (Å²) in [6.07, 6.45) is 0. The molecule has 0 saturated heterocycles. The molecule has 4 aromatic rings. The van der Waals surface area contributed by atoms with E-state index in [1.165, 1.54) is 0 Å². The van der Waals surface area contributed by atoms with Crippen molar-refractivity contribution in [2.24, 2.45) is 0 Å². The fourth-order valence-corrected chi connectivity index (χ4v) is 4.21. The number of anilines is 1. The quantitative estimate of drug-likeness (QED) is 0.340. The van der Waals surface area contributed by atoms with E-state index in [0.717, 1.165) is 39.5 Å². The number of aromatic nitrogens is 1. The molecule has 1 amide bonds. The van der Waals surface area contributed by atoms with Gasteiger partial charge < -0.3 is 14.6 Å². The molecular weight excluding hydrogens is 424 g/mol. The summed E-state index contributed by atoms with van der Waals surface area (Å²) in [6.45, 7) is 7.99. The smallest absolute Gasteiger partial charge is 0.339 e. The Morgan fingerprint density at radius 1 is 0.853 bits per heavy atom. The van der Waals surface area contributed by atoms with E-state index in [1.54, 1.807) is 13.0 Å². The number of rotatable bonds is 6. The van der Waals surface area contributed by atoms with Crippen LogP contribution in [0.2, 0.25) is 0 Å². The second-order valence-corrected chi connectivity index (χ2v) is 8.33. The van der Waals surface area contributed by atoms with Gasteiger partial charge in [0, 0.05) is 22.6 Å². The molecule has 5 nitrogen and oxygen atoms in total. The highest BCUT2D eigenvalue weighted by Crippen LogP contribution is 2.30. The van der Waals surface area contributed by atoms with E-state index in [9.17, 15) is 9.59 Å². The Labute approximate surface area is 200 Å². The monoisotopic (exact) mass is 452 g/mol. The zero-order valence-corrected chi connectivity index (χ0v) is 19.9. The van der Waals surface area contributed by atoms with Crippen LogP contribution in [0, 0.1) is 20.8 Å². The number of hydrogen-bond acceptors (Lipinski definition) is 3. The number of carbonyl (C=O) groups is 2. The molecule has 4 rings (SSSR count). The molecule has 5 heteroatoms. The van der Waals surface area contributed by atoms with Crippen molar-refractivity contribution >= 4 is 17.6 Å². The van der Waals surface area contributed by atoms with Crippen molar-refractivity contribution < 1.29 is 14.3 Å². The van der Waals surface area contributed by atoms with E-state index in [1.807, 2.05) is 92.1 Å². The van der Waals surface area contributed by atoms with Crippen LogP contribution in [0.1, 0.15) is 44.5 Å². The number of nitrogens with zero attached hydrogens (tertiary/aromatic N) is 1. The Hall–Kier alpha value is -4.12. The Morgan fingerprint density at radius 2 is 1.56 bits per heavy atom. The van der Waals surface area contributed by atoms with Gasteiger partial charge in [0.15, 0.2) is 0 Å². The van der Waals surface area contributed by atoms with Crippen LogP contribution in [0.15, 0.2) is 78.9 Å². The van der Waals surface area contributed by atoms with E-state index < -0.39 is 0 Å². The largest absolute Gasteiger partial charge is 0.462 e. The van der Waals surface area contributed by atoms with Gasteiger partial charge in [-0.05, 0) is 80.8 Å². The third kappa shape index (κ3) is 4.79. The predicted octanol–water partition coefficient (Wildman–Crippen LogP) is 6.50. The van der Waals surface area contributed by atoms with Crippen molar-refractivity contribution in [3.05, 3.63) is 107 Å². The summed E-state index contributed by atoms with van der Waals surface area (Å²) in [5, 5.41) is 3.00. The third-order valence-corrected chi connectivity index (χ3v) is 5.66. The number of carbonyl (C=O) groups excluding carboxylic acids is 2. The molecule has 0 aliphatic carbocycles. The van der Waals surface area contributed by atoms with Gasteiger partial charge in [-0.3, -0.25) is 4.79 Å². The molecule has 0 unspecified atom stereocenters. The van der Waals surface area contributed by atoms with Gasteiger partial charge in [0.05, 0.1) is 17.9 Å². The number of amides is 1. The maximum atomic E-state index is 13.1. The summed E-state index contributed by atoms with van der Waals surface area (Å²) in [6, 6.07) is 25.1. The summed E-state index contributed by atoms with van der Waals surface area (Å²) in [4.78, 5) is 25.7. The number of ether oxygens (including phenoxy) is 1. The minimum atomic E-state index is -0.361. The standard InChI is InChI=1S/C29H28N2O3/c1-5-34-29(33)26-18-27(22-10-7-6-8-11-22)31(21(26)4)25-13-9-12-23(17-25)28(32)30-24-15-19(2)14-20(3)16-24/h6-18H,5H2,1-4H3,(H,30,32). The highest BCUT2D eigenvalue weighted by atomic mass is 16.5. The lowest BCUT2D eigenvalue weighted by atomic mass is 10.1. The van der Waals surface area contributed by atoms with E-state index >= 15 is 0 Å². The van der Waals surface area contributed by atoms with Crippen LogP contribution in [0.4, 0.5) is 5.69 Å². The molecule has 34 heavy (non-hydrogen) atoms. The lowest BCUT2D eigenvalue weighted by molar-refractivity contribution is 0.0525. The van der Waals surface area contributed by atoms with Crippen LogP contribution in [-0.4, -0.2) is 23.1 Å². The molecular formula is C29H28N2O3. The average Bonchev–Trinajstić information content (AvgIpc) is 3.16. The minimum Gasteiger partial charge on any atom is -0.462 e. The molecule has 0 atom stereocenters. The predicted molar refractivity (Wildman–Crippen MR) is 136 cm³/mol. The average molecular weight is 453 g/mol. The minimum absolute atomic E-state index is 0.191. The van der Waals surface area contributed by atoms with Gasteiger partial charge in [-0.25, -0.2) is 4.79 Å². The zero-order chi connectivity index (χ0) is 24.2. The van der Waals surface area contributed by atoms with Crippen molar-refractivity contribution in [1.29, 1.82) is 0 Å². The van der Waals surface area contributed by atoms with Gasteiger partial charge in [0.25, 0.3) is 5.91 Å². The van der Waals surface area contributed by atoms with Crippen molar-refractivity contribution in [3.63, 3.8) is 0 Å². The molecule has 3 aromatic carbocycles. The highest BCUT2D eigenvalue weighted by molar-refractivity contribution is 6.04. The Bertz CT molecular complexity index is 1330. The first kappa shape index (κ1) is 23.1. The topological polar surface area (TPSA) is 60.3 Å². The maximum absolute atomic E-state index is 13.1. The van der Waals surface area contributed by atoms with Gasteiger partial charge in [0.1, 0.15) is 0 Å². The van der Waals surface area contributed by atoms with Gasteiger partial charge in [-0.15, -0.1) is 0 Å². The fraction of sp³-hybridized carbons (Fsp3) is 0.172. The Balaban J connectivity index is 1.76. The number of hydrogen-bond donors (Lipinski definition) is 1. The first-order valence-electron chi connectivity index (χ1n) is 11.3. The van der Waals surface area contributed by atoms with Crippen LogP contribution in [-0.2, 0) is 4.74 Å². The summed E-state index contributed by atoms with van der Waals surface area (Å²) in [5.41, 5.74) is 7.34. The van der Waals surface area contributed by atoms with E-state index in [-0.39, 0.29) is 11.9 Å². The van der Waals surface area contributed by atoms with Gasteiger partial charge in [0.2, 0.25) is 0 Å². The maximum Gasteiger partial charge on any atom is 0.339 e. The fourth-order valence-electron chi connectivity index (χ4n) is 4.21. The molecule has 0 aliphatic rings. The molecule has 0 fully saturated rings. The van der Waals surface area contributed by atoms with Gasteiger partial charge >= 0.3 is 5.97 Å².